The summed E-state index contributed by atoms with van der Waals surface area (Å²) in [7, 11) is 0. The minimum atomic E-state index is -1.20. The molecule has 2 aromatic heterocycles. The van der Waals surface area contributed by atoms with Crippen molar-refractivity contribution in [1.29, 1.82) is 0 Å². The van der Waals surface area contributed by atoms with Crippen molar-refractivity contribution >= 4 is 75.3 Å². The van der Waals surface area contributed by atoms with E-state index in [9.17, 15) is 24.4 Å². The number of oxime groups is 1. The number of nitrogens with zero attached hydrogens (tertiary/aromatic N) is 5. The second kappa shape index (κ2) is 11.1. The van der Waals surface area contributed by atoms with E-state index in [2.05, 4.69) is 25.0 Å². The minimum Gasteiger partial charge on any atom is -0.426 e. The third kappa shape index (κ3) is 5.62. The summed E-state index contributed by atoms with van der Waals surface area (Å²) in [5.41, 5.74) is 6.18. The summed E-state index contributed by atoms with van der Waals surface area (Å²) in [6.07, 6.45) is 2.06. The van der Waals surface area contributed by atoms with Gasteiger partial charge in [0.15, 0.2) is 10.8 Å². The summed E-state index contributed by atoms with van der Waals surface area (Å²) in [5, 5.41) is 21.4. The Morgan fingerprint density at radius 3 is 2.73 bits per heavy atom. The molecular weight excluding hydrogens is 546 g/mol. The Labute approximate surface area is 221 Å². The van der Waals surface area contributed by atoms with Crippen molar-refractivity contribution in [3.63, 3.8) is 0 Å². The van der Waals surface area contributed by atoms with Gasteiger partial charge in [-0.3, -0.25) is 19.3 Å². The van der Waals surface area contributed by atoms with Crippen LogP contribution in [0.1, 0.15) is 25.2 Å². The fourth-order valence-electron chi connectivity index (χ4n) is 3.47. The van der Waals surface area contributed by atoms with Crippen molar-refractivity contribution in [1.82, 2.24) is 24.8 Å². The van der Waals surface area contributed by atoms with E-state index in [1.54, 1.807) is 17.5 Å². The summed E-state index contributed by atoms with van der Waals surface area (Å²) >= 11 is 3.50. The van der Waals surface area contributed by atoms with Crippen LogP contribution >= 0.6 is 34.6 Å². The number of ether oxygens (including phenoxy) is 2. The lowest BCUT2D eigenvalue weighted by molar-refractivity contribution is -0.182. The van der Waals surface area contributed by atoms with Gasteiger partial charge in [0.2, 0.25) is 6.29 Å². The molecular formula is C20H19N7O7S3. The molecule has 2 aliphatic heterocycles. The average Bonchev–Trinajstić information content (AvgIpc) is 3.52. The maximum Gasteiger partial charge on any atom is 0.358 e. The van der Waals surface area contributed by atoms with Crippen LogP contribution in [0, 0.1) is 0 Å². The molecule has 0 saturated carbocycles. The van der Waals surface area contributed by atoms with Crippen LogP contribution in [-0.4, -0.2) is 77.6 Å². The Kier molecular flexibility index (Phi) is 7.84. The molecule has 4 N–H and O–H groups in total. The topological polar surface area (TPSA) is 199 Å². The molecule has 2 amide bonds. The molecule has 2 aliphatic rings. The van der Waals surface area contributed by atoms with Gasteiger partial charge in [0.05, 0.1) is 5.69 Å². The quantitative estimate of drug-likeness (QED) is 0.101. The van der Waals surface area contributed by atoms with Crippen molar-refractivity contribution in [3.8, 4) is 0 Å². The number of hydrogen-bond acceptors (Lipinski definition) is 15. The van der Waals surface area contributed by atoms with Gasteiger partial charge in [-0.15, -0.1) is 28.2 Å². The zero-order valence-corrected chi connectivity index (χ0v) is 21.6. The van der Waals surface area contributed by atoms with E-state index in [0.29, 0.717) is 11.3 Å². The highest BCUT2D eigenvalue weighted by molar-refractivity contribution is 8.00. The first-order valence-corrected chi connectivity index (χ1v) is 13.2. The Morgan fingerprint density at radius 2 is 2.11 bits per heavy atom. The molecule has 2 unspecified atom stereocenters. The number of hydrogen-bond donors (Lipinski definition) is 3. The molecule has 0 radical (unpaired) electrons. The summed E-state index contributed by atoms with van der Waals surface area (Å²) in [6.45, 7) is 2.54. The third-order valence-corrected chi connectivity index (χ3v) is 7.49. The first kappa shape index (κ1) is 26.2. The van der Waals surface area contributed by atoms with E-state index < -0.39 is 47.2 Å². The highest BCUT2D eigenvalue weighted by atomic mass is 32.2. The average molecular weight is 566 g/mol. The number of allylic oxidation sites excluding steroid dienone is 1. The van der Waals surface area contributed by atoms with Crippen LogP contribution in [0.4, 0.5) is 5.13 Å². The van der Waals surface area contributed by atoms with Gasteiger partial charge in [-0.1, -0.05) is 15.7 Å². The van der Waals surface area contributed by atoms with Crippen molar-refractivity contribution in [2.24, 2.45) is 5.16 Å². The predicted molar refractivity (Wildman–Crippen MR) is 133 cm³/mol. The van der Waals surface area contributed by atoms with E-state index >= 15 is 0 Å². The van der Waals surface area contributed by atoms with E-state index in [-0.39, 0.29) is 22.3 Å². The number of nitrogens with two attached hydrogens (primary N) is 1. The number of amides is 2. The second-order valence-corrected chi connectivity index (χ2v) is 10.1. The molecule has 194 valence electrons. The monoisotopic (exact) mass is 565 g/mol. The van der Waals surface area contributed by atoms with Gasteiger partial charge in [0.25, 0.3) is 11.8 Å². The lowest BCUT2D eigenvalue weighted by Gasteiger charge is -2.49. The molecule has 14 nitrogen and oxygen atoms in total. The largest absolute Gasteiger partial charge is 0.426 e. The minimum absolute atomic E-state index is 0.0509. The van der Waals surface area contributed by atoms with Gasteiger partial charge in [0.1, 0.15) is 22.8 Å². The highest BCUT2D eigenvalue weighted by Gasteiger charge is 2.54. The van der Waals surface area contributed by atoms with Crippen LogP contribution in [-0.2, 0) is 28.7 Å². The standard InChI is InChI=1S/C20H19N7O7S3/c1-8(28)33-9(2)34-19(31)15-10(3-4-11-6-37-26-24-11)5-35-18-14(17(30)27(15)18)23-16(29)13(25-32)12-7-36-20(21)22-12/h3-4,6-7,9,14,18,32H,5H2,1-2H3,(H2,21,22)(H,23,29)/b4-3+,25-13-/t9?,14?,18-/m0/s1. The second-order valence-electron chi connectivity index (χ2n) is 7.50. The number of thioether (sulfide) groups is 1. The number of aromatic nitrogens is 3. The summed E-state index contributed by atoms with van der Waals surface area (Å²) < 4.78 is 13.9. The first-order valence-electron chi connectivity index (χ1n) is 10.4. The SMILES string of the molecule is CC(=O)OC(C)OC(=O)C1=C(/C=C/c2csnn2)CS[C@H]2C(NC(=O)/C(=N\O)c3csc(N)n3)C(=O)N12. The lowest BCUT2D eigenvalue weighted by Crippen LogP contribution is -2.71. The number of carbonyl (C=O) groups excluding carboxylic acids is 4. The molecule has 1 saturated heterocycles. The Bertz CT molecular complexity index is 1320. The van der Waals surface area contributed by atoms with Gasteiger partial charge in [0, 0.05) is 30.4 Å². The molecule has 4 rings (SSSR count). The number of carbonyl (C=O) groups is 4. The number of fused-ring (bicyclic) bond motifs is 1. The molecule has 3 atom stereocenters. The van der Waals surface area contributed by atoms with Crippen LogP contribution in [0.3, 0.4) is 0 Å². The molecule has 0 bridgehead atoms. The maximum atomic E-state index is 13.1. The van der Waals surface area contributed by atoms with E-state index in [1.807, 2.05) is 0 Å². The molecule has 4 heterocycles. The summed E-state index contributed by atoms with van der Waals surface area (Å²) in [6, 6.07) is -1.02. The molecule has 17 heteroatoms. The normalized spacial score (nSPS) is 20.3. The highest BCUT2D eigenvalue weighted by Crippen LogP contribution is 2.41. The van der Waals surface area contributed by atoms with Crippen LogP contribution in [0.15, 0.2) is 33.3 Å². The Balaban J connectivity index is 1.56. The Hall–Kier alpha value is -3.83. The molecule has 0 aromatic carbocycles. The van der Waals surface area contributed by atoms with Crippen molar-refractivity contribution < 1.29 is 33.9 Å². The van der Waals surface area contributed by atoms with E-state index in [4.69, 9.17) is 15.2 Å². The van der Waals surface area contributed by atoms with Crippen LogP contribution < -0.4 is 11.1 Å². The first-order chi connectivity index (χ1) is 17.7. The number of thiazole rings is 1. The lowest BCUT2D eigenvalue weighted by atomic mass is 10.0. The predicted octanol–water partition coefficient (Wildman–Crippen LogP) is 0.575. The molecule has 0 aliphatic carbocycles. The Morgan fingerprint density at radius 1 is 1.32 bits per heavy atom. The third-order valence-electron chi connectivity index (χ3n) is 4.99. The zero-order valence-electron chi connectivity index (χ0n) is 19.2. The maximum absolute atomic E-state index is 13.1. The summed E-state index contributed by atoms with van der Waals surface area (Å²) in [4.78, 5) is 55.3. The smallest absolute Gasteiger partial charge is 0.358 e. The van der Waals surface area contributed by atoms with Gasteiger partial charge in [-0.05, 0) is 23.2 Å². The van der Waals surface area contributed by atoms with E-state index in [0.717, 1.165) is 22.9 Å². The van der Waals surface area contributed by atoms with Crippen molar-refractivity contribution in [2.75, 3.05) is 11.5 Å². The van der Waals surface area contributed by atoms with Gasteiger partial charge in [-0.25, -0.2) is 9.78 Å². The van der Waals surface area contributed by atoms with Crippen molar-refractivity contribution in [3.05, 3.63) is 39.5 Å². The van der Waals surface area contributed by atoms with Crippen molar-refractivity contribution in [2.45, 2.75) is 31.6 Å². The van der Waals surface area contributed by atoms with Gasteiger partial charge < -0.3 is 25.7 Å². The van der Waals surface area contributed by atoms with Crippen LogP contribution in [0.2, 0.25) is 0 Å². The van der Waals surface area contributed by atoms with Crippen LogP contribution in [0.25, 0.3) is 6.08 Å². The number of anilines is 1. The fourth-order valence-corrected chi connectivity index (χ4v) is 5.76. The molecule has 37 heavy (non-hydrogen) atoms. The number of β-lactam (4-membered cyclic amide) rings is 1. The summed E-state index contributed by atoms with van der Waals surface area (Å²) in [5.74, 6) is -2.68. The fraction of sp³-hybridized carbons (Fsp3) is 0.300. The number of nitrogens with one attached hydrogen (secondary N) is 1. The molecule has 2 aromatic rings. The number of esters is 2. The van der Waals surface area contributed by atoms with Crippen LogP contribution in [0.5, 0.6) is 0 Å². The van der Waals surface area contributed by atoms with Gasteiger partial charge >= 0.3 is 11.9 Å². The van der Waals surface area contributed by atoms with E-state index in [1.165, 1.54) is 35.9 Å². The number of nitrogen functional groups attached to an aromatic ring is 1. The zero-order chi connectivity index (χ0) is 26.7. The molecule has 1 fully saturated rings. The number of rotatable bonds is 8. The molecule has 0 spiro atoms. The van der Waals surface area contributed by atoms with Gasteiger partial charge in [-0.2, -0.15) is 0 Å².